The van der Waals surface area contributed by atoms with Crippen molar-refractivity contribution >= 4 is 12.6 Å². The van der Waals surface area contributed by atoms with Gasteiger partial charge in [0.15, 0.2) is 0 Å². The van der Waals surface area contributed by atoms with Crippen LogP contribution in [0.15, 0.2) is 0 Å². The third kappa shape index (κ3) is 6.06. The Bertz CT molecular complexity index is 163. The van der Waals surface area contributed by atoms with E-state index in [9.17, 15) is 0 Å². The van der Waals surface area contributed by atoms with Gasteiger partial charge in [-0.05, 0) is 12.8 Å². The van der Waals surface area contributed by atoms with Crippen LogP contribution in [-0.4, -0.2) is 67.9 Å². The molecule has 1 N–H and O–H groups in total. The molecule has 1 aliphatic rings. The van der Waals surface area contributed by atoms with Crippen molar-refractivity contribution in [2.75, 3.05) is 51.8 Å². The second kappa shape index (κ2) is 9.24. The van der Waals surface area contributed by atoms with Gasteiger partial charge in [-0.2, -0.15) is 12.6 Å². The molecule has 96 valence electrons. The van der Waals surface area contributed by atoms with E-state index in [1.807, 2.05) is 0 Å². The van der Waals surface area contributed by atoms with Crippen LogP contribution in [0.4, 0.5) is 0 Å². The van der Waals surface area contributed by atoms with Gasteiger partial charge in [-0.3, -0.25) is 0 Å². The van der Waals surface area contributed by atoms with Gasteiger partial charge in [0.05, 0.1) is 32.5 Å². The van der Waals surface area contributed by atoms with Gasteiger partial charge >= 0.3 is 0 Å². The lowest BCUT2D eigenvalue weighted by Gasteiger charge is -2.31. The topological polar surface area (TPSA) is 41.9 Å². The molecule has 0 unspecified atom stereocenters. The van der Waals surface area contributed by atoms with E-state index in [0.717, 1.165) is 51.4 Å². The zero-order valence-electron chi connectivity index (χ0n) is 9.81. The Labute approximate surface area is 103 Å². The summed E-state index contributed by atoms with van der Waals surface area (Å²) in [5, 5.41) is 8.66. The molecular formula is C11H23NO3S. The van der Waals surface area contributed by atoms with Gasteiger partial charge in [0, 0.05) is 25.4 Å². The number of thiol groups is 1. The molecule has 0 radical (unpaired) electrons. The molecule has 0 atom stereocenters. The summed E-state index contributed by atoms with van der Waals surface area (Å²) >= 11 is 4.09. The predicted molar refractivity (Wildman–Crippen MR) is 67.2 cm³/mol. The van der Waals surface area contributed by atoms with Crippen LogP contribution in [-0.2, 0) is 9.47 Å². The van der Waals surface area contributed by atoms with Crippen molar-refractivity contribution < 1.29 is 14.6 Å². The van der Waals surface area contributed by atoms with Crippen LogP contribution in [0, 0.1) is 0 Å². The molecule has 5 heteroatoms. The van der Waals surface area contributed by atoms with Gasteiger partial charge in [0.2, 0.25) is 0 Å². The molecule has 1 fully saturated rings. The number of aliphatic hydroxyl groups is 1. The summed E-state index contributed by atoms with van der Waals surface area (Å²) in [6.07, 6.45) is 2.46. The lowest BCUT2D eigenvalue weighted by atomic mass is 10.1. The Morgan fingerprint density at radius 2 is 1.94 bits per heavy atom. The van der Waals surface area contributed by atoms with Crippen LogP contribution < -0.4 is 0 Å². The maximum atomic E-state index is 8.66. The highest BCUT2D eigenvalue weighted by molar-refractivity contribution is 7.80. The predicted octanol–water partition coefficient (Wildman–Crippen LogP) is 0.406. The van der Waals surface area contributed by atoms with Crippen molar-refractivity contribution in [1.82, 2.24) is 4.90 Å². The number of rotatable bonds is 8. The van der Waals surface area contributed by atoms with Crippen molar-refractivity contribution in [2.24, 2.45) is 0 Å². The van der Waals surface area contributed by atoms with Crippen molar-refractivity contribution in [3.63, 3.8) is 0 Å². The summed E-state index contributed by atoms with van der Waals surface area (Å²) in [5.74, 6) is 0.789. The van der Waals surface area contributed by atoms with Gasteiger partial charge in [-0.1, -0.05) is 0 Å². The Hall–Kier alpha value is 0.190. The number of hydrogen-bond donors (Lipinski definition) is 2. The Kier molecular flexibility index (Phi) is 8.23. The third-order valence-electron chi connectivity index (χ3n) is 2.77. The maximum absolute atomic E-state index is 8.66. The smallest absolute Gasteiger partial charge is 0.0701 e. The maximum Gasteiger partial charge on any atom is 0.0701 e. The Balaban J connectivity index is 1.98. The molecule has 0 amide bonds. The fraction of sp³-hybridized carbons (Fsp3) is 1.00. The lowest BCUT2D eigenvalue weighted by Crippen LogP contribution is -2.39. The molecule has 0 bridgehead atoms. The normalized spacial score (nSPS) is 19.1. The van der Waals surface area contributed by atoms with Crippen molar-refractivity contribution in [2.45, 2.75) is 18.9 Å². The minimum absolute atomic E-state index is 0.123. The summed E-state index contributed by atoms with van der Waals surface area (Å²) < 4.78 is 10.9. The van der Waals surface area contributed by atoms with Crippen molar-refractivity contribution in [1.29, 1.82) is 0 Å². The van der Waals surface area contributed by atoms with E-state index in [-0.39, 0.29) is 6.61 Å². The number of nitrogens with zero attached hydrogens (tertiary/aromatic N) is 1. The first kappa shape index (κ1) is 14.3. The molecule has 0 aromatic carbocycles. The van der Waals surface area contributed by atoms with Gasteiger partial charge < -0.3 is 19.5 Å². The standard InChI is InChI=1S/C11H23NO3S/c13-6-8-15-11-1-3-12(4-2-11)5-7-14-9-10-16/h11,13,16H,1-10H2. The van der Waals surface area contributed by atoms with E-state index in [1.165, 1.54) is 0 Å². The molecular weight excluding hydrogens is 226 g/mol. The average Bonchev–Trinajstić information content (AvgIpc) is 2.33. The summed E-state index contributed by atoms with van der Waals surface area (Å²) in [7, 11) is 0. The van der Waals surface area contributed by atoms with Crippen LogP contribution in [0.1, 0.15) is 12.8 Å². The van der Waals surface area contributed by atoms with Gasteiger partial charge in [0.1, 0.15) is 0 Å². The van der Waals surface area contributed by atoms with Crippen molar-refractivity contribution in [3.05, 3.63) is 0 Å². The first-order valence-corrected chi connectivity index (χ1v) is 6.63. The third-order valence-corrected chi connectivity index (χ3v) is 2.95. The lowest BCUT2D eigenvalue weighted by molar-refractivity contribution is -0.0118. The number of likely N-dealkylation sites (tertiary alicyclic amines) is 1. The number of hydrogen-bond acceptors (Lipinski definition) is 5. The van der Waals surface area contributed by atoms with E-state index < -0.39 is 0 Å². The molecule has 0 spiro atoms. The molecule has 0 aliphatic carbocycles. The minimum atomic E-state index is 0.123. The van der Waals surface area contributed by atoms with Crippen LogP contribution in [0.3, 0.4) is 0 Å². The van der Waals surface area contributed by atoms with Gasteiger partial charge in [-0.25, -0.2) is 0 Å². The highest BCUT2D eigenvalue weighted by Gasteiger charge is 2.18. The Morgan fingerprint density at radius 3 is 2.56 bits per heavy atom. The summed E-state index contributed by atoms with van der Waals surface area (Å²) in [6.45, 7) is 5.26. The minimum Gasteiger partial charge on any atom is -0.394 e. The largest absolute Gasteiger partial charge is 0.394 e. The monoisotopic (exact) mass is 249 g/mol. The molecule has 1 aliphatic heterocycles. The van der Waals surface area contributed by atoms with Gasteiger partial charge in [0.25, 0.3) is 0 Å². The molecule has 0 saturated carbocycles. The molecule has 1 saturated heterocycles. The number of piperidine rings is 1. The van der Waals surface area contributed by atoms with Crippen LogP contribution in [0.5, 0.6) is 0 Å². The number of aliphatic hydroxyl groups excluding tert-OH is 1. The van der Waals surface area contributed by atoms with E-state index in [1.54, 1.807) is 0 Å². The fourth-order valence-electron chi connectivity index (χ4n) is 1.88. The molecule has 1 rings (SSSR count). The first-order valence-electron chi connectivity index (χ1n) is 6.00. The molecule has 4 nitrogen and oxygen atoms in total. The van der Waals surface area contributed by atoms with Crippen molar-refractivity contribution in [3.8, 4) is 0 Å². The van der Waals surface area contributed by atoms with E-state index in [2.05, 4.69) is 17.5 Å². The summed E-state index contributed by atoms with van der Waals surface area (Å²) in [6, 6.07) is 0. The van der Waals surface area contributed by atoms with E-state index in [4.69, 9.17) is 14.6 Å². The van der Waals surface area contributed by atoms with E-state index in [0.29, 0.717) is 12.7 Å². The SMILES string of the molecule is OCCOC1CCN(CCOCCS)CC1. The molecule has 0 aromatic rings. The average molecular weight is 249 g/mol. The fourth-order valence-corrected chi connectivity index (χ4v) is 2.01. The summed E-state index contributed by atoms with van der Waals surface area (Å²) in [4.78, 5) is 2.40. The highest BCUT2D eigenvalue weighted by Crippen LogP contribution is 2.12. The molecule has 1 heterocycles. The van der Waals surface area contributed by atoms with Crippen LogP contribution >= 0.6 is 12.6 Å². The Morgan fingerprint density at radius 1 is 1.19 bits per heavy atom. The molecule has 0 aromatic heterocycles. The van der Waals surface area contributed by atoms with Crippen LogP contribution in [0.25, 0.3) is 0 Å². The first-order chi connectivity index (χ1) is 7.86. The number of ether oxygens (including phenoxy) is 2. The second-order valence-electron chi connectivity index (χ2n) is 3.97. The van der Waals surface area contributed by atoms with E-state index >= 15 is 0 Å². The zero-order valence-corrected chi connectivity index (χ0v) is 10.7. The highest BCUT2D eigenvalue weighted by atomic mass is 32.1. The summed E-state index contributed by atoms with van der Waals surface area (Å²) in [5.41, 5.74) is 0. The second-order valence-corrected chi connectivity index (χ2v) is 4.42. The quantitative estimate of drug-likeness (QED) is 0.483. The zero-order chi connectivity index (χ0) is 11.6. The van der Waals surface area contributed by atoms with Crippen LogP contribution in [0.2, 0.25) is 0 Å². The molecule has 16 heavy (non-hydrogen) atoms. The van der Waals surface area contributed by atoms with Gasteiger partial charge in [-0.15, -0.1) is 0 Å².